The number of rotatable bonds is 8. The van der Waals surface area contributed by atoms with Crippen molar-refractivity contribution >= 4 is 0 Å². The predicted molar refractivity (Wildman–Crippen MR) is 87.8 cm³/mol. The number of hydrogen-bond donors (Lipinski definition) is 1. The largest absolute Gasteiger partial charge is 0.475 e. The number of nitrogens with zero attached hydrogens (tertiary/aromatic N) is 1. The summed E-state index contributed by atoms with van der Waals surface area (Å²) in [5.74, 6) is 3.21. The van der Waals surface area contributed by atoms with Crippen LogP contribution in [-0.2, 0) is 13.1 Å². The van der Waals surface area contributed by atoms with Crippen molar-refractivity contribution < 1.29 is 9.15 Å². The molecule has 2 aromatic heterocycles. The Morgan fingerprint density at radius 1 is 1.18 bits per heavy atom. The first kappa shape index (κ1) is 16.6. The van der Waals surface area contributed by atoms with Gasteiger partial charge in [0.1, 0.15) is 11.5 Å². The summed E-state index contributed by atoms with van der Waals surface area (Å²) in [5.41, 5.74) is 1.16. The minimum absolute atomic E-state index is 0.182. The van der Waals surface area contributed by atoms with Gasteiger partial charge < -0.3 is 14.5 Å². The molecule has 2 heterocycles. The van der Waals surface area contributed by atoms with Gasteiger partial charge in [-0.3, -0.25) is 0 Å². The number of pyridine rings is 1. The van der Waals surface area contributed by atoms with Gasteiger partial charge in [0.05, 0.1) is 12.6 Å². The molecule has 1 N–H and O–H groups in total. The fourth-order valence-electron chi connectivity index (χ4n) is 2.45. The zero-order valence-corrected chi connectivity index (χ0v) is 13.9. The van der Waals surface area contributed by atoms with Crippen LogP contribution in [0, 0.1) is 12.8 Å². The number of aryl methyl sites for hydroxylation is 1. The SMILES string of the molecule is Cc1ccc(CNCc2ccnc(OC(C)CC(C)C)c2)o1. The highest BCUT2D eigenvalue weighted by Crippen LogP contribution is 2.15. The first-order chi connectivity index (χ1) is 10.5. The van der Waals surface area contributed by atoms with E-state index in [1.54, 1.807) is 6.20 Å². The topological polar surface area (TPSA) is 47.3 Å². The summed E-state index contributed by atoms with van der Waals surface area (Å²) in [7, 11) is 0. The van der Waals surface area contributed by atoms with Crippen LogP contribution in [0.5, 0.6) is 5.88 Å². The van der Waals surface area contributed by atoms with Crippen molar-refractivity contribution in [2.75, 3.05) is 0 Å². The molecule has 0 bridgehead atoms. The average Bonchev–Trinajstić information content (AvgIpc) is 2.84. The molecule has 0 fully saturated rings. The second-order valence-corrected chi connectivity index (χ2v) is 6.18. The molecule has 0 aliphatic carbocycles. The second kappa shape index (κ2) is 7.99. The van der Waals surface area contributed by atoms with Crippen LogP contribution >= 0.6 is 0 Å². The van der Waals surface area contributed by atoms with E-state index in [0.717, 1.165) is 36.6 Å². The van der Waals surface area contributed by atoms with E-state index in [1.807, 2.05) is 31.2 Å². The molecule has 0 saturated heterocycles. The zero-order chi connectivity index (χ0) is 15.9. The molecular weight excluding hydrogens is 276 g/mol. The number of hydrogen-bond acceptors (Lipinski definition) is 4. The Hall–Kier alpha value is -1.81. The highest BCUT2D eigenvalue weighted by Gasteiger charge is 2.08. The fraction of sp³-hybridized carbons (Fsp3) is 0.500. The van der Waals surface area contributed by atoms with Crippen molar-refractivity contribution in [3.05, 3.63) is 47.5 Å². The van der Waals surface area contributed by atoms with Crippen LogP contribution in [-0.4, -0.2) is 11.1 Å². The van der Waals surface area contributed by atoms with Gasteiger partial charge in [0.15, 0.2) is 0 Å². The van der Waals surface area contributed by atoms with Crippen LogP contribution in [0.15, 0.2) is 34.9 Å². The number of ether oxygens (including phenoxy) is 1. The maximum Gasteiger partial charge on any atom is 0.213 e. The Balaban J connectivity index is 1.83. The normalized spacial score (nSPS) is 12.6. The van der Waals surface area contributed by atoms with Crippen LogP contribution in [0.4, 0.5) is 0 Å². The Morgan fingerprint density at radius 3 is 2.68 bits per heavy atom. The summed E-state index contributed by atoms with van der Waals surface area (Å²) in [6, 6.07) is 7.97. The summed E-state index contributed by atoms with van der Waals surface area (Å²) in [6.45, 7) is 9.92. The number of nitrogens with one attached hydrogen (secondary N) is 1. The maximum absolute atomic E-state index is 5.88. The van der Waals surface area contributed by atoms with Crippen molar-refractivity contribution in [2.24, 2.45) is 5.92 Å². The molecule has 4 nitrogen and oxygen atoms in total. The third kappa shape index (κ3) is 5.53. The molecular formula is C18H26N2O2. The van der Waals surface area contributed by atoms with E-state index in [-0.39, 0.29) is 6.10 Å². The van der Waals surface area contributed by atoms with Crippen molar-refractivity contribution in [2.45, 2.75) is 53.3 Å². The van der Waals surface area contributed by atoms with Crippen LogP contribution in [0.1, 0.15) is 44.3 Å². The van der Waals surface area contributed by atoms with Gasteiger partial charge in [-0.1, -0.05) is 13.8 Å². The summed E-state index contributed by atoms with van der Waals surface area (Å²) in [6.07, 6.45) is 3.01. The lowest BCUT2D eigenvalue weighted by Crippen LogP contribution is -2.16. The lowest BCUT2D eigenvalue weighted by molar-refractivity contribution is 0.185. The van der Waals surface area contributed by atoms with Gasteiger partial charge in [0, 0.05) is 18.8 Å². The van der Waals surface area contributed by atoms with Crippen LogP contribution in [0.2, 0.25) is 0 Å². The third-order valence-electron chi connectivity index (χ3n) is 3.35. The molecule has 120 valence electrons. The molecule has 4 heteroatoms. The lowest BCUT2D eigenvalue weighted by Gasteiger charge is -2.16. The van der Waals surface area contributed by atoms with Crippen molar-refractivity contribution in [3.8, 4) is 5.88 Å². The molecule has 22 heavy (non-hydrogen) atoms. The molecule has 0 amide bonds. The second-order valence-electron chi connectivity index (χ2n) is 6.18. The van der Waals surface area contributed by atoms with Gasteiger partial charge >= 0.3 is 0 Å². The summed E-state index contributed by atoms with van der Waals surface area (Å²) < 4.78 is 11.4. The van der Waals surface area contributed by atoms with Crippen molar-refractivity contribution in [3.63, 3.8) is 0 Å². The first-order valence-corrected chi connectivity index (χ1v) is 7.90. The van der Waals surface area contributed by atoms with E-state index in [4.69, 9.17) is 9.15 Å². The van der Waals surface area contributed by atoms with Gasteiger partial charge in [0.2, 0.25) is 5.88 Å². The summed E-state index contributed by atoms with van der Waals surface area (Å²) in [4.78, 5) is 4.29. The van der Waals surface area contributed by atoms with Gasteiger partial charge in [-0.05, 0) is 49.9 Å². The molecule has 1 atom stereocenters. The Morgan fingerprint density at radius 2 is 2.00 bits per heavy atom. The van der Waals surface area contributed by atoms with E-state index in [0.29, 0.717) is 11.8 Å². The van der Waals surface area contributed by atoms with E-state index in [9.17, 15) is 0 Å². The molecule has 2 aromatic rings. The van der Waals surface area contributed by atoms with Gasteiger partial charge in [-0.25, -0.2) is 4.98 Å². The standard InChI is InChI=1S/C18H26N2O2/c1-13(2)9-15(4)22-18-10-16(7-8-20-18)11-19-12-17-6-5-14(3)21-17/h5-8,10,13,15,19H,9,11-12H2,1-4H3. The lowest BCUT2D eigenvalue weighted by atomic mass is 10.1. The molecule has 0 spiro atoms. The molecule has 1 unspecified atom stereocenters. The molecule has 0 aliphatic rings. The zero-order valence-electron chi connectivity index (χ0n) is 13.9. The average molecular weight is 302 g/mol. The smallest absolute Gasteiger partial charge is 0.213 e. The Kier molecular flexibility index (Phi) is 6.01. The highest BCUT2D eigenvalue weighted by molar-refractivity contribution is 5.20. The third-order valence-corrected chi connectivity index (χ3v) is 3.35. The molecule has 0 aromatic carbocycles. The van der Waals surface area contributed by atoms with Crippen molar-refractivity contribution in [1.29, 1.82) is 0 Å². The molecule has 0 saturated carbocycles. The van der Waals surface area contributed by atoms with E-state index in [2.05, 4.69) is 31.1 Å². The first-order valence-electron chi connectivity index (χ1n) is 7.90. The number of furan rings is 1. The van der Waals surface area contributed by atoms with E-state index in [1.165, 1.54) is 0 Å². The minimum Gasteiger partial charge on any atom is -0.475 e. The number of aromatic nitrogens is 1. The monoisotopic (exact) mass is 302 g/mol. The highest BCUT2D eigenvalue weighted by atomic mass is 16.5. The van der Waals surface area contributed by atoms with Gasteiger partial charge in [-0.2, -0.15) is 0 Å². The summed E-state index contributed by atoms with van der Waals surface area (Å²) in [5, 5.41) is 3.37. The predicted octanol–water partition coefficient (Wildman–Crippen LogP) is 4.09. The van der Waals surface area contributed by atoms with Gasteiger partial charge in [0.25, 0.3) is 0 Å². The molecule has 2 rings (SSSR count). The van der Waals surface area contributed by atoms with Crippen LogP contribution < -0.4 is 10.1 Å². The Bertz CT molecular complexity index is 578. The molecule has 0 radical (unpaired) electrons. The maximum atomic E-state index is 5.88. The quantitative estimate of drug-likeness (QED) is 0.798. The van der Waals surface area contributed by atoms with Crippen LogP contribution in [0.3, 0.4) is 0 Å². The molecule has 0 aliphatic heterocycles. The van der Waals surface area contributed by atoms with Crippen molar-refractivity contribution in [1.82, 2.24) is 10.3 Å². The van der Waals surface area contributed by atoms with Gasteiger partial charge in [-0.15, -0.1) is 0 Å². The van der Waals surface area contributed by atoms with Crippen LogP contribution in [0.25, 0.3) is 0 Å². The summed E-state index contributed by atoms with van der Waals surface area (Å²) >= 11 is 0. The minimum atomic E-state index is 0.182. The van der Waals surface area contributed by atoms with E-state index < -0.39 is 0 Å². The Labute approximate surface area is 132 Å². The van der Waals surface area contributed by atoms with E-state index >= 15 is 0 Å². The fourth-order valence-corrected chi connectivity index (χ4v) is 2.45.